The van der Waals surface area contributed by atoms with E-state index in [0.29, 0.717) is 23.8 Å². The fraction of sp³-hybridized carbons (Fsp3) is 0.263. The maximum Gasteiger partial charge on any atom is 0.276 e. The number of amides is 2. The van der Waals surface area contributed by atoms with Gasteiger partial charge in [-0.15, -0.1) is 0 Å². The molecule has 0 aliphatic rings. The van der Waals surface area contributed by atoms with Crippen molar-refractivity contribution in [2.24, 2.45) is 0 Å². The van der Waals surface area contributed by atoms with Crippen molar-refractivity contribution in [3.8, 4) is 11.5 Å². The van der Waals surface area contributed by atoms with E-state index in [4.69, 9.17) is 21.1 Å². The molecule has 2 rings (SSSR count). The second-order valence-electron chi connectivity index (χ2n) is 5.70. The molecule has 0 radical (unpaired) electrons. The van der Waals surface area contributed by atoms with Crippen LogP contribution in [0.4, 0.5) is 4.39 Å². The number of aryl methyl sites for hydroxylation is 1. The zero-order valence-corrected chi connectivity index (χ0v) is 15.5. The summed E-state index contributed by atoms with van der Waals surface area (Å²) in [6, 6.07) is 10.7. The molecule has 2 aromatic rings. The van der Waals surface area contributed by atoms with Crippen molar-refractivity contribution < 1.29 is 23.5 Å². The smallest absolute Gasteiger partial charge is 0.276 e. The van der Waals surface area contributed by atoms with Crippen LogP contribution in [0.2, 0.25) is 5.02 Å². The largest absolute Gasteiger partial charge is 0.493 e. The average Bonchev–Trinajstić information content (AvgIpc) is 2.63. The predicted octanol–water partition coefficient (Wildman–Crippen LogP) is 3.17. The summed E-state index contributed by atoms with van der Waals surface area (Å²) in [5.41, 5.74) is 5.42. The molecule has 2 amide bonds. The van der Waals surface area contributed by atoms with Crippen LogP contribution in [0.1, 0.15) is 18.4 Å². The standard InChI is InChI=1S/C19H20ClFN2O4/c1-13-10-14(20)7-8-17(13)26-9-3-6-18(24)22-23-19(25)12-27-16-5-2-4-15(21)11-16/h2,4-5,7-8,10-11H,3,6,9,12H2,1H3,(H,22,24)(H,23,25). The van der Waals surface area contributed by atoms with Crippen molar-refractivity contribution in [2.75, 3.05) is 13.2 Å². The molecule has 27 heavy (non-hydrogen) atoms. The third kappa shape index (κ3) is 7.53. The van der Waals surface area contributed by atoms with Gasteiger partial charge in [-0.2, -0.15) is 0 Å². The van der Waals surface area contributed by atoms with Crippen LogP contribution < -0.4 is 20.3 Å². The minimum atomic E-state index is -0.555. The van der Waals surface area contributed by atoms with E-state index in [1.165, 1.54) is 18.2 Å². The Balaban J connectivity index is 1.59. The van der Waals surface area contributed by atoms with Crippen LogP contribution in [0.15, 0.2) is 42.5 Å². The van der Waals surface area contributed by atoms with Crippen molar-refractivity contribution in [1.29, 1.82) is 0 Å². The van der Waals surface area contributed by atoms with Crippen LogP contribution in [-0.4, -0.2) is 25.0 Å². The van der Waals surface area contributed by atoms with Gasteiger partial charge in [0.1, 0.15) is 17.3 Å². The number of halogens is 2. The minimum absolute atomic E-state index is 0.178. The maximum absolute atomic E-state index is 13.0. The summed E-state index contributed by atoms with van der Waals surface area (Å²) in [7, 11) is 0. The number of benzene rings is 2. The van der Waals surface area contributed by atoms with Crippen LogP contribution in [-0.2, 0) is 9.59 Å². The van der Waals surface area contributed by atoms with Crippen molar-refractivity contribution in [3.63, 3.8) is 0 Å². The highest BCUT2D eigenvalue weighted by Gasteiger charge is 2.07. The second kappa shape index (κ2) is 10.4. The van der Waals surface area contributed by atoms with Crippen LogP contribution in [0.5, 0.6) is 11.5 Å². The second-order valence-corrected chi connectivity index (χ2v) is 6.14. The molecule has 2 aromatic carbocycles. The van der Waals surface area contributed by atoms with Gasteiger partial charge >= 0.3 is 0 Å². The molecule has 144 valence electrons. The fourth-order valence-electron chi connectivity index (χ4n) is 2.13. The van der Waals surface area contributed by atoms with Gasteiger partial charge in [0.05, 0.1) is 6.61 Å². The molecule has 0 heterocycles. The molecule has 2 N–H and O–H groups in total. The van der Waals surface area contributed by atoms with Crippen LogP contribution in [0.3, 0.4) is 0 Å². The highest BCUT2D eigenvalue weighted by atomic mass is 35.5. The zero-order valence-electron chi connectivity index (χ0n) is 14.8. The van der Waals surface area contributed by atoms with Gasteiger partial charge in [-0.25, -0.2) is 4.39 Å². The first-order chi connectivity index (χ1) is 12.9. The first kappa shape index (κ1) is 20.5. The molecule has 0 saturated heterocycles. The Labute approximate surface area is 161 Å². The number of rotatable bonds is 8. The Bertz CT molecular complexity index is 801. The summed E-state index contributed by atoms with van der Waals surface area (Å²) < 4.78 is 23.7. The molecule has 0 unspecified atom stereocenters. The maximum atomic E-state index is 13.0. The van der Waals surface area contributed by atoms with E-state index in [-0.39, 0.29) is 24.7 Å². The minimum Gasteiger partial charge on any atom is -0.493 e. The Morgan fingerprint density at radius 1 is 1.07 bits per heavy atom. The van der Waals surface area contributed by atoms with E-state index in [0.717, 1.165) is 11.6 Å². The third-order valence-corrected chi connectivity index (χ3v) is 3.69. The van der Waals surface area contributed by atoms with E-state index < -0.39 is 11.7 Å². The lowest BCUT2D eigenvalue weighted by molar-refractivity contribution is -0.130. The number of hydrogen-bond acceptors (Lipinski definition) is 4. The number of nitrogens with one attached hydrogen (secondary N) is 2. The first-order valence-corrected chi connectivity index (χ1v) is 8.67. The number of carbonyl (C=O) groups excluding carboxylic acids is 2. The quantitative estimate of drug-likeness (QED) is 0.532. The van der Waals surface area contributed by atoms with Gasteiger partial charge in [0, 0.05) is 17.5 Å². The van der Waals surface area contributed by atoms with Crippen molar-refractivity contribution >= 4 is 23.4 Å². The predicted molar refractivity (Wildman–Crippen MR) is 99.1 cm³/mol. The molecule has 8 heteroatoms. The molecule has 0 saturated carbocycles. The Morgan fingerprint density at radius 2 is 1.85 bits per heavy atom. The van der Waals surface area contributed by atoms with Gasteiger partial charge in [0.15, 0.2) is 6.61 Å². The van der Waals surface area contributed by atoms with Gasteiger partial charge in [0.25, 0.3) is 5.91 Å². The third-order valence-electron chi connectivity index (χ3n) is 3.45. The molecule has 0 aliphatic heterocycles. The number of carbonyl (C=O) groups is 2. The van der Waals surface area contributed by atoms with Crippen LogP contribution in [0.25, 0.3) is 0 Å². The van der Waals surface area contributed by atoms with Crippen molar-refractivity contribution in [3.05, 3.63) is 58.9 Å². The van der Waals surface area contributed by atoms with E-state index in [2.05, 4.69) is 10.9 Å². The van der Waals surface area contributed by atoms with Crippen LogP contribution in [0, 0.1) is 12.7 Å². The van der Waals surface area contributed by atoms with Gasteiger partial charge in [-0.05, 0) is 49.2 Å². The summed E-state index contributed by atoms with van der Waals surface area (Å²) in [6.07, 6.45) is 0.654. The van der Waals surface area contributed by atoms with E-state index >= 15 is 0 Å². The highest BCUT2D eigenvalue weighted by molar-refractivity contribution is 6.30. The molecular weight excluding hydrogens is 375 g/mol. The first-order valence-electron chi connectivity index (χ1n) is 8.29. The summed E-state index contributed by atoms with van der Waals surface area (Å²) in [5, 5.41) is 0.636. The summed E-state index contributed by atoms with van der Waals surface area (Å²) >= 11 is 5.88. The molecule has 0 aliphatic carbocycles. The normalized spacial score (nSPS) is 10.2. The lowest BCUT2D eigenvalue weighted by Crippen LogP contribution is -2.43. The zero-order chi connectivity index (χ0) is 19.6. The van der Waals surface area contributed by atoms with E-state index in [9.17, 15) is 14.0 Å². The van der Waals surface area contributed by atoms with Crippen LogP contribution >= 0.6 is 11.6 Å². The van der Waals surface area contributed by atoms with E-state index in [1.54, 1.807) is 18.2 Å². The Morgan fingerprint density at radius 3 is 2.59 bits per heavy atom. The molecule has 0 spiro atoms. The molecular formula is C19H20ClFN2O4. The van der Waals surface area contributed by atoms with Crippen molar-refractivity contribution in [1.82, 2.24) is 10.9 Å². The topological polar surface area (TPSA) is 76.7 Å². The average molecular weight is 395 g/mol. The molecule has 0 aromatic heterocycles. The summed E-state index contributed by atoms with van der Waals surface area (Å²) in [4.78, 5) is 23.3. The number of ether oxygens (including phenoxy) is 2. The summed E-state index contributed by atoms with van der Waals surface area (Å²) in [6.45, 7) is 1.89. The van der Waals surface area contributed by atoms with Gasteiger partial charge in [-0.3, -0.25) is 20.4 Å². The number of hydrogen-bond donors (Lipinski definition) is 2. The van der Waals surface area contributed by atoms with Gasteiger partial charge in [0.2, 0.25) is 5.91 Å². The Kier molecular flexibility index (Phi) is 7.88. The number of hydrazine groups is 1. The molecule has 0 bridgehead atoms. The van der Waals surface area contributed by atoms with Gasteiger partial charge < -0.3 is 9.47 Å². The highest BCUT2D eigenvalue weighted by Crippen LogP contribution is 2.21. The van der Waals surface area contributed by atoms with E-state index in [1.807, 2.05) is 6.92 Å². The summed E-state index contributed by atoms with van der Waals surface area (Å²) in [5.74, 6) is -0.433. The molecule has 0 fully saturated rings. The Hall–Kier alpha value is -2.80. The van der Waals surface area contributed by atoms with Gasteiger partial charge in [-0.1, -0.05) is 17.7 Å². The molecule has 0 atom stereocenters. The fourth-order valence-corrected chi connectivity index (χ4v) is 2.36. The molecule has 6 nitrogen and oxygen atoms in total. The lowest BCUT2D eigenvalue weighted by atomic mass is 10.2. The lowest BCUT2D eigenvalue weighted by Gasteiger charge is -2.10. The van der Waals surface area contributed by atoms with Crippen molar-refractivity contribution in [2.45, 2.75) is 19.8 Å². The SMILES string of the molecule is Cc1cc(Cl)ccc1OCCCC(=O)NNC(=O)COc1cccc(F)c1. The monoisotopic (exact) mass is 394 g/mol.